The van der Waals surface area contributed by atoms with E-state index in [1.165, 1.54) is 50.7 Å². The lowest BCUT2D eigenvalue weighted by Crippen LogP contribution is -2.20. The summed E-state index contributed by atoms with van der Waals surface area (Å²) in [6.45, 7) is 25.6. The number of H-pyrrole nitrogens is 2. The highest BCUT2D eigenvalue weighted by Crippen LogP contribution is 2.39. The first-order valence-electron chi connectivity index (χ1n) is 41.5. The molecule has 0 aliphatic heterocycles. The molecule has 0 amide bonds. The van der Waals surface area contributed by atoms with Crippen molar-refractivity contribution in [1.29, 1.82) is 0 Å². The van der Waals surface area contributed by atoms with Crippen molar-refractivity contribution in [2.45, 2.75) is 88.0 Å². The van der Waals surface area contributed by atoms with Crippen molar-refractivity contribution >= 4 is 235 Å². The maximum atomic E-state index is 12.4. The highest BCUT2D eigenvalue weighted by molar-refractivity contribution is 9.11. The van der Waals surface area contributed by atoms with Crippen LogP contribution in [0.3, 0.4) is 0 Å². The third-order valence-corrected chi connectivity index (χ3v) is 23.1. The molecule has 12 aromatic heterocycles. The van der Waals surface area contributed by atoms with Crippen LogP contribution in [0.1, 0.15) is 167 Å². The second kappa shape index (κ2) is 46.7. The van der Waals surface area contributed by atoms with Gasteiger partial charge in [0, 0.05) is 107 Å². The van der Waals surface area contributed by atoms with Crippen LogP contribution in [0, 0.1) is 0 Å². The number of hydrogen-bond acceptors (Lipinski definition) is 24. The summed E-state index contributed by atoms with van der Waals surface area (Å²) >= 11 is 73.6. The highest BCUT2D eigenvalue weighted by atomic mass is 79.9. The lowest BCUT2D eigenvalue weighted by molar-refractivity contribution is 0.0514. The number of aromatic amines is 2. The van der Waals surface area contributed by atoms with Gasteiger partial charge in [0.1, 0.15) is 21.4 Å². The fourth-order valence-electron chi connectivity index (χ4n) is 13.6. The molecule has 32 nitrogen and oxygen atoms in total. The van der Waals surface area contributed by atoms with Gasteiger partial charge in [0.2, 0.25) is 22.2 Å². The minimum Gasteiger partial charge on any atom is -0.462 e. The van der Waals surface area contributed by atoms with E-state index in [0.29, 0.717) is 167 Å². The van der Waals surface area contributed by atoms with Gasteiger partial charge in [-0.2, -0.15) is 20.4 Å². The molecule has 0 saturated carbocycles. The Kier molecular flexibility index (Phi) is 35.6. The largest absolute Gasteiger partial charge is 0.462 e. The summed E-state index contributed by atoms with van der Waals surface area (Å²) in [5, 5.41) is 27.9. The molecular weight excluding hydrogens is 2140 g/mol. The van der Waals surface area contributed by atoms with Crippen molar-refractivity contribution in [2.24, 2.45) is 0 Å². The van der Waals surface area contributed by atoms with E-state index < -0.39 is 46.7 Å². The third-order valence-electron chi connectivity index (χ3n) is 19.4. The summed E-state index contributed by atoms with van der Waals surface area (Å²) in [4.78, 5) is 123. The molecule has 17 aromatic rings. The molecule has 0 unspecified atom stereocenters. The molecule has 0 fully saturated rings. The van der Waals surface area contributed by atoms with Gasteiger partial charge < -0.3 is 28.4 Å². The molecule has 5 aromatic carbocycles. The maximum absolute atomic E-state index is 12.4. The number of fused-ring (bicyclic) bond motifs is 6. The fraction of sp³-hybridized carbons (Fsp3) is 0.204. The number of imidazole rings is 6. The molecule has 45 heteroatoms. The number of aromatic nitrogens is 18. The van der Waals surface area contributed by atoms with E-state index in [9.17, 15) is 38.4 Å². The zero-order chi connectivity index (χ0) is 100. The van der Waals surface area contributed by atoms with Gasteiger partial charge in [0.25, 0.3) is 0 Å². The van der Waals surface area contributed by atoms with Crippen LogP contribution >= 0.6 is 159 Å². The molecule has 12 heterocycles. The minimum absolute atomic E-state index is 0.00849. The third kappa shape index (κ3) is 24.7. The van der Waals surface area contributed by atoms with E-state index in [1.807, 2.05) is 34.6 Å². The SMILES string of the molecule is C=C(C)c1c(C(=O)OCC)cnn2cc(-c3cc(Cl)cc(Cl)c3)nc12.CCOC(=O)c1c[nH]n2cc(-c3cc(Cl)cc(Cl)c3)nc2c1=O.CCOC(=O)c1c[nH]n2cc(Br)nc2c1=O.CCOC(=O)c1cnn2c(Cl)c(-c3cc(Cl)cc(Cl)c3)nc2c1C(C)C.CCOC(=O)c1cnn2cc(-c3cc(Cl)cc(Cl)c3)nc2c1Br.CCOC(=O)c1cnn2cc(-c3cc(Cl)cc(Cl)c3)nc2c1C(C)C. The average Bonchev–Trinajstić information content (AvgIpc) is 1.59. The topological polar surface area (TPSA) is 379 Å². The number of nitrogens with one attached hydrogen (secondary N) is 2. The van der Waals surface area contributed by atoms with Crippen LogP contribution in [0.15, 0.2) is 184 Å². The van der Waals surface area contributed by atoms with E-state index in [1.54, 1.807) is 177 Å². The molecule has 0 saturated heterocycles. The number of halogens is 13. The van der Waals surface area contributed by atoms with Crippen LogP contribution in [-0.2, 0) is 28.4 Å². The summed E-state index contributed by atoms with van der Waals surface area (Å²) in [7, 11) is 0. The van der Waals surface area contributed by atoms with Crippen molar-refractivity contribution in [1.82, 2.24) is 87.6 Å². The van der Waals surface area contributed by atoms with Gasteiger partial charge in [0.05, 0.1) is 145 Å². The number of benzene rings is 5. The Morgan fingerprint density at radius 1 is 0.355 bits per heavy atom. The number of carbonyl (C=O) groups is 6. The smallest absolute Gasteiger partial charge is 0.343 e. The number of hydrogen-bond donors (Lipinski definition) is 2. The fourth-order valence-corrected chi connectivity index (χ4v) is 17.4. The van der Waals surface area contributed by atoms with E-state index in [-0.39, 0.29) is 67.3 Å². The molecule has 0 atom stereocenters. The summed E-state index contributed by atoms with van der Waals surface area (Å²) in [5.41, 5.74) is 12.1. The Morgan fingerprint density at radius 2 is 0.652 bits per heavy atom. The number of esters is 6. The number of rotatable bonds is 20. The van der Waals surface area contributed by atoms with Crippen LogP contribution in [0.25, 0.3) is 95.7 Å². The predicted octanol–water partition coefficient (Wildman–Crippen LogP) is 24.3. The number of ether oxygens (including phenoxy) is 6. The molecule has 17 rings (SSSR count). The summed E-state index contributed by atoms with van der Waals surface area (Å²) in [6, 6.07) is 25.6. The Bertz CT molecular complexity index is 7630. The van der Waals surface area contributed by atoms with Gasteiger partial charge >= 0.3 is 35.8 Å². The zero-order valence-corrected chi connectivity index (χ0v) is 85.9. The van der Waals surface area contributed by atoms with Gasteiger partial charge in [0.15, 0.2) is 27.7 Å². The normalized spacial score (nSPS) is 11.0. The van der Waals surface area contributed by atoms with Gasteiger partial charge in [-0.3, -0.25) is 19.8 Å². The second-order valence-corrected chi connectivity index (χ2v) is 36.1. The highest BCUT2D eigenvalue weighted by Gasteiger charge is 2.29. The zero-order valence-electron chi connectivity index (χ0n) is 74.4. The molecule has 0 bridgehead atoms. The van der Waals surface area contributed by atoms with Crippen molar-refractivity contribution in [2.75, 3.05) is 39.6 Å². The van der Waals surface area contributed by atoms with Crippen LogP contribution in [0.4, 0.5) is 0 Å². The maximum Gasteiger partial charge on any atom is 0.343 e. The Morgan fingerprint density at radius 3 is 1.04 bits per heavy atom. The molecular formula is C93H77Br2Cl11N18O14. The minimum atomic E-state index is -0.688. The van der Waals surface area contributed by atoms with E-state index >= 15 is 0 Å². The van der Waals surface area contributed by atoms with Crippen molar-refractivity contribution < 1.29 is 57.2 Å². The monoisotopic (exact) mass is 2210 g/mol. The molecule has 0 aliphatic carbocycles. The van der Waals surface area contributed by atoms with Gasteiger partial charge in [-0.25, -0.2) is 85.8 Å². The predicted molar refractivity (Wildman–Crippen MR) is 540 cm³/mol. The molecule has 0 aliphatic rings. The summed E-state index contributed by atoms with van der Waals surface area (Å²) in [6.07, 6.45) is 17.0. The summed E-state index contributed by atoms with van der Waals surface area (Å²) < 4.78 is 40.2. The molecule has 0 spiro atoms. The van der Waals surface area contributed by atoms with E-state index in [4.69, 9.17) is 156 Å². The number of carbonyl (C=O) groups excluding carboxylic acids is 6. The van der Waals surface area contributed by atoms with Crippen LogP contribution in [0.5, 0.6) is 0 Å². The van der Waals surface area contributed by atoms with E-state index in [2.05, 4.69) is 98.9 Å². The number of allylic oxidation sites excluding steroid dienone is 1. The van der Waals surface area contributed by atoms with Crippen LogP contribution in [-0.4, -0.2) is 163 Å². The average molecular weight is 2220 g/mol. The van der Waals surface area contributed by atoms with Crippen LogP contribution in [0.2, 0.25) is 55.4 Å². The second-order valence-electron chi connectivity index (χ2n) is 29.7. The molecule has 714 valence electrons. The molecule has 138 heavy (non-hydrogen) atoms. The Balaban J connectivity index is 0.000000149. The van der Waals surface area contributed by atoms with Crippen molar-refractivity contribution in [3.63, 3.8) is 0 Å². The lowest BCUT2D eigenvalue weighted by Gasteiger charge is -2.12. The van der Waals surface area contributed by atoms with Crippen LogP contribution < -0.4 is 10.9 Å². The first-order chi connectivity index (χ1) is 65.7. The van der Waals surface area contributed by atoms with Gasteiger partial charge in [-0.1, -0.05) is 162 Å². The quantitative estimate of drug-likeness (QED) is 0.0528. The van der Waals surface area contributed by atoms with Crippen molar-refractivity contribution in [3.05, 3.63) is 301 Å². The van der Waals surface area contributed by atoms with E-state index in [0.717, 1.165) is 27.8 Å². The van der Waals surface area contributed by atoms with Crippen molar-refractivity contribution in [3.8, 4) is 56.3 Å². The summed E-state index contributed by atoms with van der Waals surface area (Å²) in [5.74, 6) is -2.99. The Labute approximate surface area is 856 Å². The first-order valence-corrected chi connectivity index (χ1v) is 47.3. The van der Waals surface area contributed by atoms with Gasteiger partial charge in [-0.05, 0) is 189 Å². The molecule has 2 N–H and O–H groups in total. The van der Waals surface area contributed by atoms with Gasteiger partial charge in [-0.15, -0.1) is 0 Å². The Hall–Kier alpha value is -11.9. The first kappa shape index (κ1) is 105. The lowest BCUT2D eigenvalue weighted by atomic mass is 10.00. The number of nitrogens with zero attached hydrogens (tertiary/aromatic N) is 16. The standard InChI is InChI=1S/C18H16Cl3N3O2.C18H17Cl2N3O2.C18H15Cl2N3O2.C15H10BrCl2N3O2.C15H11Cl2N3O3.C9H8BrN3O3/c1-4-26-18(25)13-8-22-24-16(21)15(23-17(24)14(13)9(2)3)10-5-11(19)7-12(20)6-10;2*1-4-25-18(24)14-8-21-23-9-15(22-17(23)16(14)10(2)3)11-5-12(19)7-13(20)6-11;1-2-23-15(22)11-6-19-21-7-12(20-14(21)13(11)16)8-3-9(17)5-10(18)4-8;1-2-23-15(22)11-6-18-20-7-12(19-14(20)13(11)21)8-3-9(16)5-10(17)4-8;1-2-16-9(15)5-3-11-13-4-6(10)12-8(13)7(5)14/h5-9H,4H2,1-3H3;5-10H,4H2,1-3H3;5-9H,2,4H2,1,3H3;3-7H,2H2,1H3;3-7,18H,2H2,1H3;3-4,11H,2H2,1H3. The molecule has 0 radical (unpaired) electrons.